The maximum absolute atomic E-state index is 12.7. The molecule has 0 radical (unpaired) electrons. The molecular formula is C15H19N3O4S. The van der Waals surface area contributed by atoms with Crippen molar-refractivity contribution in [3.8, 4) is 11.5 Å². The zero-order chi connectivity index (χ0) is 16.0. The van der Waals surface area contributed by atoms with E-state index in [0.717, 1.165) is 25.7 Å². The van der Waals surface area contributed by atoms with Crippen LogP contribution in [0.3, 0.4) is 0 Å². The number of hydrogen-bond acceptors (Lipinski definition) is 6. The molecule has 1 aliphatic heterocycles. The van der Waals surface area contributed by atoms with Crippen molar-refractivity contribution >= 4 is 10.0 Å². The zero-order valence-electron chi connectivity index (χ0n) is 12.9. The lowest BCUT2D eigenvalue weighted by atomic mass is 10.0. The minimum atomic E-state index is -3.60. The van der Waals surface area contributed by atoms with Crippen LogP contribution < -0.4 is 0 Å². The Hall–Kier alpha value is -1.67. The van der Waals surface area contributed by atoms with Crippen LogP contribution in [0.1, 0.15) is 44.4 Å². The SMILES string of the molecule is CC1CCCN(S(=O)(=O)c2cc(-c3nnc(C4CC4)o3)co2)C1. The van der Waals surface area contributed by atoms with E-state index >= 15 is 0 Å². The zero-order valence-corrected chi connectivity index (χ0v) is 13.8. The van der Waals surface area contributed by atoms with E-state index in [-0.39, 0.29) is 5.09 Å². The number of rotatable bonds is 4. The number of furan rings is 1. The highest BCUT2D eigenvalue weighted by Crippen LogP contribution is 2.40. The Bertz CT molecular complexity index is 806. The van der Waals surface area contributed by atoms with Gasteiger partial charge in [-0.2, -0.15) is 4.31 Å². The first-order chi connectivity index (χ1) is 11.0. The van der Waals surface area contributed by atoms with Gasteiger partial charge in [0.25, 0.3) is 15.9 Å². The van der Waals surface area contributed by atoms with Crippen molar-refractivity contribution in [2.75, 3.05) is 13.1 Å². The van der Waals surface area contributed by atoms with Gasteiger partial charge in [-0.05, 0) is 31.6 Å². The molecule has 4 rings (SSSR count). The van der Waals surface area contributed by atoms with E-state index in [9.17, 15) is 8.42 Å². The van der Waals surface area contributed by atoms with Crippen molar-refractivity contribution < 1.29 is 17.3 Å². The van der Waals surface area contributed by atoms with Crippen LogP contribution in [0.15, 0.2) is 26.3 Å². The number of aromatic nitrogens is 2. The van der Waals surface area contributed by atoms with Crippen LogP contribution >= 0.6 is 0 Å². The number of piperidine rings is 1. The Labute approximate surface area is 134 Å². The molecule has 0 amide bonds. The molecule has 1 atom stereocenters. The van der Waals surface area contributed by atoms with Crippen LogP contribution in [0.4, 0.5) is 0 Å². The molecule has 3 heterocycles. The van der Waals surface area contributed by atoms with Gasteiger partial charge < -0.3 is 8.83 Å². The fourth-order valence-electron chi connectivity index (χ4n) is 2.90. The highest BCUT2D eigenvalue weighted by molar-refractivity contribution is 7.89. The molecule has 1 saturated heterocycles. The summed E-state index contributed by atoms with van der Waals surface area (Å²) >= 11 is 0. The molecule has 2 aromatic rings. The van der Waals surface area contributed by atoms with Gasteiger partial charge in [-0.1, -0.05) is 6.92 Å². The molecule has 8 heteroatoms. The molecule has 2 aromatic heterocycles. The number of hydrogen-bond donors (Lipinski definition) is 0. The van der Waals surface area contributed by atoms with Gasteiger partial charge in [-0.3, -0.25) is 0 Å². The summed E-state index contributed by atoms with van der Waals surface area (Å²) < 4.78 is 37.7. The van der Waals surface area contributed by atoms with Crippen LogP contribution in [0.2, 0.25) is 0 Å². The highest BCUT2D eigenvalue weighted by atomic mass is 32.2. The quantitative estimate of drug-likeness (QED) is 0.852. The average molecular weight is 337 g/mol. The van der Waals surface area contributed by atoms with E-state index in [1.165, 1.54) is 16.6 Å². The van der Waals surface area contributed by atoms with Gasteiger partial charge >= 0.3 is 0 Å². The van der Waals surface area contributed by atoms with Crippen molar-refractivity contribution in [3.63, 3.8) is 0 Å². The van der Waals surface area contributed by atoms with Gasteiger partial charge in [0.05, 0.1) is 5.56 Å². The third-order valence-corrected chi connectivity index (χ3v) is 6.14. The lowest BCUT2D eigenvalue weighted by Gasteiger charge is -2.28. The van der Waals surface area contributed by atoms with E-state index in [1.54, 1.807) is 0 Å². The van der Waals surface area contributed by atoms with Gasteiger partial charge in [0.2, 0.25) is 11.0 Å². The van der Waals surface area contributed by atoms with Crippen molar-refractivity contribution in [2.45, 2.75) is 43.6 Å². The Morgan fingerprint density at radius 2 is 2.09 bits per heavy atom. The Morgan fingerprint density at radius 1 is 1.26 bits per heavy atom. The van der Waals surface area contributed by atoms with Crippen LogP contribution in [-0.2, 0) is 10.0 Å². The van der Waals surface area contributed by atoms with E-state index in [2.05, 4.69) is 17.1 Å². The largest absolute Gasteiger partial charge is 0.451 e. The molecular weight excluding hydrogens is 318 g/mol. The first-order valence-electron chi connectivity index (χ1n) is 7.96. The second-order valence-corrected chi connectivity index (χ2v) is 8.35. The third kappa shape index (κ3) is 2.81. The summed E-state index contributed by atoms with van der Waals surface area (Å²) in [5.41, 5.74) is 0.507. The number of nitrogens with zero attached hydrogens (tertiary/aromatic N) is 3. The summed E-state index contributed by atoms with van der Waals surface area (Å²) in [6.07, 6.45) is 5.44. The first kappa shape index (κ1) is 14.9. The second-order valence-electron chi connectivity index (χ2n) is 6.48. The molecule has 1 aliphatic carbocycles. The molecule has 1 saturated carbocycles. The molecule has 7 nitrogen and oxygen atoms in total. The topological polar surface area (TPSA) is 89.4 Å². The standard InChI is InChI=1S/C15H19N3O4S/c1-10-3-2-6-18(8-10)23(19,20)13-7-12(9-21-13)15-17-16-14(22-15)11-4-5-11/h7,9-11H,2-6,8H2,1H3. The van der Waals surface area contributed by atoms with Crippen molar-refractivity contribution in [1.29, 1.82) is 0 Å². The van der Waals surface area contributed by atoms with Crippen LogP contribution in [0.25, 0.3) is 11.5 Å². The summed E-state index contributed by atoms with van der Waals surface area (Å²) in [7, 11) is -3.60. The van der Waals surface area contributed by atoms with Crippen molar-refractivity contribution in [2.24, 2.45) is 5.92 Å². The summed E-state index contributed by atoms with van der Waals surface area (Å²) in [4.78, 5) is 0. The van der Waals surface area contributed by atoms with Crippen LogP contribution in [0.5, 0.6) is 0 Å². The normalized spacial score (nSPS) is 23.3. The van der Waals surface area contributed by atoms with E-state index in [1.807, 2.05) is 0 Å². The predicted molar refractivity (Wildman–Crippen MR) is 81.1 cm³/mol. The fourth-order valence-corrected chi connectivity index (χ4v) is 4.42. The Morgan fingerprint density at radius 3 is 2.83 bits per heavy atom. The highest BCUT2D eigenvalue weighted by Gasteiger charge is 2.33. The summed E-state index contributed by atoms with van der Waals surface area (Å²) in [5, 5.41) is 7.93. The molecule has 0 aromatic carbocycles. The van der Waals surface area contributed by atoms with Gasteiger partial charge in [0.1, 0.15) is 6.26 Å². The fraction of sp³-hybridized carbons (Fsp3) is 0.600. The van der Waals surface area contributed by atoms with Gasteiger partial charge in [0.15, 0.2) is 0 Å². The smallest absolute Gasteiger partial charge is 0.276 e. The first-order valence-corrected chi connectivity index (χ1v) is 9.40. The van der Waals surface area contributed by atoms with Crippen molar-refractivity contribution in [3.05, 3.63) is 18.2 Å². The average Bonchev–Trinajstić information content (AvgIpc) is 3.06. The molecule has 0 spiro atoms. The third-order valence-electron chi connectivity index (χ3n) is 4.40. The van der Waals surface area contributed by atoms with E-state index in [0.29, 0.717) is 42.3 Å². The maximum Gasteiger partial charge on any atom is 0.276 e. The molecule has 124 valence electrons. The molecule has 2 aliphatic rings. The van der Waals surface area contributed by atoms with Crippen molar-refractivity contribution in [1.82, 2.24) is 14.5 Å². The summed E-state index contributed by atoms with van der Waals surface area (Å²) in [5.74, 6) is 1.66. The van der Waals surface area contributed by atoms with Crippen LogP contribution in [-0.4, -0.2) is 36.0 Å². The van der Waals surface area contributed by atoms with Gasteiger partial charge in [-0.15, -0.1) is 10.2 Å². The molecule has 2 fully saturated rings. The number of sulfonamides is 1. The van der Waals surface area contributed by atoms with E-state index in [4.69, 9.17) is 8.83 Å². The molecule has 1 unspecified atom stereocenters. The van der Waals surface area contributed by atoms with E-state index < -0.39 is 10.0 Å². The lowest BCUT2D eigenvalue weighted by molar-refractivity contribution is 0.274. The van der Waals surface area contributed by atoms with Gasteiger partial charge in [-0.25, -0.2) is 8.42 Å². The molecule has 23 heavy (non-hydrogen) atoms. The predicted octanol–water partition coefficient (Wildman–Crippen LogP) is 2.63. The second kappa shape index (κ2) is 5.45. The Kier molecular flexibility index (Phi) is 3.53. The Balaban J connectivity index is 1.58. The minimum Gasteiger partial charge on any atom is -0.451 e. The molecule has 0 N–H and O–H groups in total. The minimum absolute atomic E-state index is 0.0622. The monoisotopic (exact) mass is 337 g/mol. The van der Waals surface area contributed by atoms with Gasteiger partial charge in [0, 0.05) is 25.1 Å². The van der Waals surface area contributed by atoms with Crippen LogP contribution in [0, 0.1) is 5.92 Å². The summed E-state index contributed by atoms with van der Waals surface area (Å²) in [6.45, 7) is 3.13. The lowest BCUT2D eigenvalue weighted by Crippen LogP contribution is -2.38. The summed E-state index contributed by atoms with van der Waals surface area (Å²) in [6, 6.07) is 1.47. The maximum atomic E-state index is 12.7. The molecule has 0 bridgehead atoms.